The molecule has 0 saturated carbocycles. The molecule has 1 nitrogen and oxygen atoms in total. The largest absolute Gasteiger partial charge is 0.461 e. The van der Waals surface area contributed by atoms with E-state index in [1.54, 1.807) is 0 Å². The maximum atomic E-state index is 5.41. The quantitative estimate of drug-likeness (QED) is 0.492. The standard InChI is InChI=1S/C10H8O/c1-8-7-9-5-3-2-4-6-10(9)11-8/h3-7H,1H3. The van der Waals surface area contributed by atoms with Crippen LogP contribution in [-0.4, -0.2) is 0 Å². The van der Waals surface area contributed by atoms with Crippen LogP contribution in [0.3, 0.4) is 0 Å². The normalized spacial score (nSPS) is 13.2. The predicted molar refractivity (Wildman–Crippen MR) is 44.3 cm³/mol. The number of fused-ring (bicyclic) bond motifs is 1. The van der Waals surface area contributed by atoms with Gasteiger partial charge < -0.3 is 4.42 Å². The minimum absolute atomic E-state index is 0.920. The molecule has 0 saturated heterocycles. The first-order valence-corrected chi connectivity index (χ1v) is 3.56. The van der Waals surface area contributed by atoms with Crippen LogP contribution in [0.1, 0.15) is 5.76 Å². The molecule has 54 valence electrons. The Labute approximate surface area is 64.7 Å². The lowest BCUT2D eigenvalue weighted by atomic mass is 10.3. The van der Waals surface area contributed by atoms with Gasteiger partial charge in [-0.05, 0) is 37.3 Å². The Balaban J connectivity index is 2.88. The van der Waals surface area contributed by atoms with Crippen LogP contribution in [0.15, 0.2) is 28.4 Å². The van der Waals surface area contributed by atoms with Crippen LogP contribution in [0.25, 0.3) is 12.2 Å². The molecule has 0 spiro atoms. The number of furan rings is 1. The molecule has 2 rings (SSSR count). The zero-order valence-electron chi connectivity index (χ0n) is 6.29. The fourth-order valence-corrected chi connectivity index (χ4v) is 1.13. The zero-order valence-corrected chi connectivity index (χ0v) is 6.29. The highest BCUT2D eigenvalue weighted by atomic mass is 16.3. The number of rotatable bonds is 0. The Morgan fingerprint density at radius 1 is 1.27 bits per heavy atom. The number of aryl methyl sites for hydroxylation is 1. The molecule has 0 fully saturated rings. The van der Waals surface area contributed by atoms with Crippen LogP contribution in [0, 0.1) is 6.92 Å². The van der Waals surface area contributed by atoms with Gasteiger partial charge in [-0.25, -0.2) is 0 Å². The highest BCUT2D eigenvalue weighted by Gasteiger charge is 1.92. The van der Waals surface area contributed by atoms with Crippen LogP contribution in [-0.2, 0) is 0 Å². The van der Waals surface area contributed by atoms with Gasteiger partial charge in [-0.1, -0.05) is 0 Å². The van der Waals surface area contributed by atoms with Crippen LogP contribution >= 0.6 is 0 Å². The van der Waals surface area contributed by atoms with E-state index in [-0.39, 0.29) is 0 Å². The van der Waals surface area contributed by atoms with Crippen molar-refractivity contribution in [3.8, 4) is 0 Å². The lowest BCUT2D eigenvalue weighted by Gasteiger charge is -1.74. The average molecular weight is 144 g/mol. The van der Waals surface area contributed by atoms with Crippen molar-refractivity contribution in [3.63, 3.8) is 0 Å². The van der Waals surface area contributed by atoms with Crippen molar-refractivity contribution in [3.05, 3.63) is 40.3 Å². The van der Waals surface area contributed by atoms with E-state index in [9.17, 15) is 0 Å². The van der Waals surface area contributed by atoms with Gasteiger partial charge >= 0.3 is 0 Å². The molecule has 0 aromatic carbocycles. The van der Waals surface area contributed by atoms with Crippen LogP contribution in [0.2, 0.25) is 0 Å². The van der Waals surface area contributed by atoms with E-state index >= 15 is 0 Å². The smallest absolute Gasteiger partial charge is 0.134 e. The Bertz CT molecular complexity index is 402. The van der Waals surface area contributed by atoms with E-state index in [0.29, 0.717) is 0 Å². The van der Waals surface area contributed by atoms with Crippen molar-refractivity contribution in [2.75, 3.05) is 0 Å². The Morgan fingerprint density at radius 2 is 2.09 bits per heavy atom. The molecule has 1 aromatic rings. The molecule has 0 radical (unpaired) electrons. The molecular weight excluding hydrogens is 136 g/mol. The summed E-state index contributed by atoms with van der Waals surface area (Å²) in [6.45, 7) is 1.95. The first-order chi connectivity index (χ1) is 5.36. The first kappa shape index (κ1) is 6.26. The minimum atomic E-state index is 0.920. The monoisotopic (exact) mass is 144 g/mol. The van der Waals surface area contributed by atoms with Gasteiger partial charge in [-0.15, -0.1) is 5.73 Å². The zero-order chi connectivity index (χ0) is 7.68. The molecule has 0 atom stereocenters. The van der Waals surface area contributed by atoms with E-state index in [1.807, 2.05) is 37.3 Å². The van der Waals surface area contributed by atoms with E-state index in [1.165, 1.54) is 0 Å². The van der Waals surface area contributed by atoms with E-state index in [0.717, 1.165) is 16.4 Å². The van der Waals surface area contributed by atoms with Gasteiger partial charge in [0, 0.05) is 5.22 Å². The maximum absolute atomic E-state index is 5.41. The Morgan fingerprint density at radius 3 is 3.00 bits per heavy atom. The van der Waals surface area contributed by atoms with Crippen LogP contribution < -0.4 is 10.6 Å². The number of hydrogen-bond acceptors (Lipinski definition) is 1. The minimum Gasteiger partial charge on any atom is -0.461 e. The highest BCUT2D eigenvalue weighted by molar-refractivity contribution is 5.45. The summed E-state index contributed by atoms with van der Waals surface area (Å²) in [5.41, 5.74) is 3.90. The summed E-state index contributed by atoms with van der Waals surface area (Å²) in [6.07, 6.45) is 7.65. The van der Waals surface area contributed by atoms with Gasteiger partial charge in [0.05, 0.1) is 0 Å². The molecular formula is C10H8O. The van der Waals surface area contributed by atoms with Crippen molar-refractivity contribution in [1.82, 2.24) is 0 Å². The van der Waals surface area contributed by atoms with E-state index < -0.39 is 0 Å². The second-order valence-corrected chi connectivity index (χ2v) is 2.51. The van der Waals surface area contributed by atoms with Gasteiger partial charge in [0.15, 0.2) is 0 Å². The third-order valence-corrected chi connectivity index (χ3v) is 1.60. The Hall–Kier alpha value is -1.46. The molecule has 0 amide bonds. The van der Waals surface area contributed by atoms with E-state index in [4.69, 9.17) is 4.42 Å². The fraction of sp³-hybridized carbons (Fsp3) is 0.100. The highest BCUT2D eigenvalue weighted by Crippen LogP contribution is 1.87. The van der Waals surface area contributed by atoms with Crippen molar-refractivity contribution in [2.24, 2.45) is 0 Å². The Kier molecular flexibility index (Phi) is 1.31. The fourth-order valence-electron chi connectivity index (χ4n) is 1.13. The summed E-state index contributed by atoms with van der Waals surface area (Å²) in [7, 11) is 0. The molecule has 0 N–H and O–H groups in total. The van der Waals surface area contributed by atoms with Crippen molar-refractivity contribution in [2.45, 2.75) is 6.92 Å². The van der Waals surface area contributed by atoms with Crippen LogP contribution in [0.5, 0.6) is 0 Å². The van der Waals surface area contributed by atoms with Gasteiger partial charge in [-0.3, -0.25) is 0 Å². The maximum Gasteiger partial charge on any atom is 0.134 e. The predicted octanol–water partition coefficient (Wildman–Crippen LogP) is 0.874. The van der Waals surface area contributed by atoms with Crippen molar-refractivity contribution < 1.29 is 4.42 Å². The van der Waals surface area contributed by atoms with E-state index in [2.05, 4.69) is 5.73 Å². The summed E-state index contributed by atoms with van der Waals surface area (Å²) in [4.78, 5) is 0. The molecule has 11 heavy (non-hydrogen) atoms. The van der Waals surface area contributed by atoms with Crippen molar-refractivity contribution >= 4 is 12.2 Å². The molecule has 0 bridgehead atoms. The van der Waals surface area contributed by atoms with Gasteiger partial charge in [0.2, 0.25) is 0 Å². The molecule has 1 heterocycles. The first-order valence-electron chi connectivity index (χ1n) is 3.56. The topological polar surface area (TPSA) is 13.1 Å². The summed E-state index contributed by atoms with van der Waals surface area (Å²) in [6, 6.07) is 2.02. The molecule has 1 aromatic heterocycles. The molecule has 1 aliphatic rings. The summed E-state index contributed by atoms with van der Waals surface area (Å²) < 4.78 is 5.41. The van der Waals surface area contributed by atoms with Crippen molar-refractivity contribution in [1.29, 1.82) is 0 Å². The van der Waals surface area contributed by atoms with Gasteiger partial charge in [0.25, 0.3) is 0 Å². The second-order valence-electron chi connectivity index (χ2n) is 2.51. The molecule has 0 unspecified atom stereocenters. The summed E-state index contributed by atoms with van der Waals surface area (Å²) in [5, 5.41) is 1.13. The SMILES string of the molecule is Cc1cc2c(o1)=CC=C=CC=2. The second kappa shape index (κ2) is 2.30. The van der Waals surface area contributed by atoms with Gasteiger partial charge in [-0.2, -0.15) is 0 Å². The average Bonchev–Trinajstić information content (AvgIpc) is 2.17. The molecule has 0 aliphatic heterocycles. The lowest BCUT2D eigenvalue weighted by molar-refractivity contribution is 0.501. The molecule has 1 heteroatoms. The third-order valence-electron chi connectivity index (χ3n) is 1.60. The number of hydrogen-bond donors (Lipinski definition) is 0. The van der Waals surface area contributed by atoms with Crippen LogP contribution in [0.4, 0.5) is 0 Å². The summed E-state index contributed by atoms with van der Waals surface area (Å²) >= 11 is 0. The van der Waals surface area contributed by atoms with Gasteiger partial charge in [0.1, 0.15) is 11.2 Å². The lowest BCUT2D eigenvalue weighted by Crippen LogP contribution is -2.17. The number of allylic oxidation sites excluding steroid dienone is 1. The third kappa shape index (κ3) is 1.06. The molecule has 1 aliphatic carbocycles. The summed E-state index contributed by atoms with van der Waals surface area (Å²) in [5.74, 6) is 0.950.